The van der Waals surface area contributed by atoms with E-state index in [4.69, 9.17) is 5.73 Å². The highest BCUT2D eigenvalue weighted by Gasteiger charge is 2.27. The Labute approximate surface area is 109 Å². The number of carbonyl (C=O) groups is 1. The molecular formula is C13H15F3N2O. The van der Waals surface area contributed by atoms with Crippen molar-refractivity contribution in [2.45, 2.75) is 12.8 Å². The van der Waals surface area contributed by atoms with E-state index in [9.17, 15) is 18.0 Å². The van der Waals surface area contributed by atoms with Crippen molar-refractivity contribution in [1.29, 1.82) is 0 Å². The van der Waals surface area contributed by atoms with Crippen molar-refractivity contribution in [2.75, 3.05) is 19.6 Å². The first kappa shape index (κ1) is 13.9. The molecule has 1 heterocycles. The van der Waals surface area contributed by atoms with Gasteiger partial charge in [-0.05, 0) is 37.4 Å². The number of hydrogen-bond acceptors (Lipinski definition) is 2. The summed E-state index contributed by atoms with van der Waals surface area (Å²) in [5.41, 5.74) is 5.12. The second kappa shape index (κ2) is 5.61. The highest BCUT2D eigenvalue weighted by Crippen LogP contribution is 2.21. The van der Waals surface area contributed by atoms with Gasteiger partial charge in [-0.2, -0.15) is 0 Å². The summed E-state index contributed by atoms with van der Waals surface area (Å²) in [5, 5.41) is 0. The summed E-state index contributed by atoms with van der Waals surface area (Å²) < 4.78 is 39.5. The zero-order chi connectivity index (χ0) is 14.0. The Kier molecular flexibility index (Phi) is 4.09. The Bertz CT molecular complexity index is 493. The Balaban J connectivity index is 2.22. The molecule has 0 saturated carbocycles. The number of amides is 1. The van der Waals surface area contributed by atoms with Crippen LogP contribution in [0.5, 0.6) is 0 Å². The maximum absolute atomic E-state index is 13.6. The second-order valence-corrected chi connectivity index (χ2v) is 4.72. The van der Waals surface area contributed by atoms with E-state index < -0.39 is 28.9 Å². The molecule has 6 heteroatoms. The lowest BCUT2D eigenvalue weighted by Gasteiger charge is -2.32. The largest absolute Gasteiger partial charge is 0.338 e. The molecule has 1 fully saturated rings. The van der Waals surface area contributed by atoms with Crippen LogP contribution in [0.2, 0.25) is 0 Å². The SMILES string of the molecule is NCC1CCCN(C(=O)c2ccc(F)c(F)c2F)C1. The maximum atomic E-state index is 13.6. The second-order valence-electron chi connectivity index (χ2n) is 4.72. The first-order valence-corrected chi connectivity index (χ1v) is 6.17. The number of likely N-dealkylation sites (tertiary alicyclic amines) is 1. The van der Waals surface area contributed by atoms with E-state index in [1.54, 1.807) is 0 Å². The van der Waals surface area contributed by atoms with Crippen molar-refractivity contribution in [1.82, 2.24) is 4.90 Å². The molecule has 1 amide bonds. The first-order valence-electron chi connectivity index (χ1n) is 6.17. The molecular weight excluding hydrogens is 257 g/mol. The van der Waals surface area contributed by atoms with Gasteiger partial charge in [0.15, 0.2) is 17.5 Å². The number of carbonyl (C=O) groups excluding carboxylic acids is 1. The summed E-state index contributed by atoms with van der Waals surface area (Å²) in [5.74, 6) is -4.79. The van der Waals surface area contributed by atoms with Gasteiger partial charge in [0.1, 0.15) is 0 Å². The summed E-state index contributed by atoms with van der Waals surface area (Å²) >= 11 is 0. The molecule has 1 unspecified atom stereocenters. The van der Waals surface area contributed by atoms with Crippen molar-refractivity contribution in [2.24, 2.45) is 11.7 Å². The smallest absolute Gasteiger partial charge is 0.256 e. The van der Waals surface area contributed by atoms with Gasteiger partial charge < -0.3 is 10.6 Å². The summed E-state index contributed by atoms with van der Waals surface area (Å²) in [7, 11) is 0. The lowest BCUT2D eigenvalue weighted by Crippen LogP contribution is -2.42. The number of hydrogen-bond donors (Lipinski definition) is 1. The molecule has 2 N–H and O–H groups in total. The Hall–Kier alpha value is -1.56. The van der Waals surface area contributed by atoms with Gasteiger partial charge in [-0.1, -0.05) is 0 Å². The fourth-order valence-electron chi connectivity index (χ4n) is 2.30. The predicted octanol–water partition coefficient (Wildman–Crippen LogP) is 1.91. The van der Waals surface area contributed by atoms with Gasteiger partial charge in [-0.25, -0.2) is 13.2 Å². The van der Waals surface area contributed by atoms with E-state index >= 15 is 0 Å². The van der Waals surface area contributed by atoms with Crippen LogP contribution in [0.3, 0.4) is 0 Å². The summed E-state index contributed by atoms with van der Waals surface area (Å²) in [4.78, 5) is 13.5. The van der Waals surface area contributed by atoms with Crippen LogP contribution in [0.15, 0.2) is 12.1 Å². The van der Waals surface area contributed by atoms with Crippen molar-refractivity contribution >= 4 is 5.91 Å². The van der Waals surface area contributed by atoms with Gasteiger partial charge in [0.05, 0.1) is 5.56 Å². The zero-order valence-corrected chi connectivity index (χ0v) is 10.3. The maximum Gasteiger partial charge on any atom is 0.256 e. The Morgan fingerprint density at radius 1 is 1.32 bits per heavy atom. The summed E-state index contributed by atoms with van der Waals surface area (Å²) in [6.07, 6.45) is 1.69. The molecule has 19 heavy (non-hydrogen) atoms. The van der Waals surface area contributed by atoms with E-state index in [1.165, 1.54) is 4.90 Å². The monoisotopic (exact) mass is 272 g/mol. The van der Waals surface area contributed by atoms with Crippen LogP contribution < -0.4 is 5.73 Å². The molecule has 1 aliphatic heterocycles. The number of nitrogens with zero attached hydrogens (tertiary/aromatic N) is 1. The number of rotatable bonds is 2. The minimum atomic E-state index is -1.61. The molecule has 1 aromatic carbocycles. The predicted molar refractivity (Wildman–Crippen MR) is 64.0 cm³/mol. The van der Waals surface area contributed by atoms with Crippen LogP contribution in [0.1, 0.15) is 23.2 Å². The van der Waals surface area contributed by atoms with E-state index in [0.29, 0.717) is 19.6 Å². The Morgan fingerprint density at radius 2 is 2.05 bits per heavy atom. The Morgan fingerprint density at radius 3 is 2.74 bits per heavy atom. The number of piperidine rings is 1. The van der Waals surface area contributed by atoms with Gasteiger partial charge in [0.2, 0.25) is 0 Å². The average molecular weight is 272 g/mol. The van der Waals surface area contributed by atoms with Gasteiger partial charge in [-0.3, -0.25) is 4.79 Å². The van der Waals surface area contributed by atoms with E-state index in [0.717, 1.165) is 25.0 Å². The third kappa shape index (κ3) is 2.73. The summed E-state index contributed by atoms with van der Waals surface area (Å²) in [6.45, 7) is 1.35. The average Bonchev–Trinajstić information content (AvgIpc) is 2.44. The molecule has 0 aromatic heterocycles. The van der Waals surface area contributed by atoms with Crippen molar-refractivity contribution < 1.29 is 18.0 Å². The van der Waals surface area contributed by atoms with E-state index in [1.807, 2.05) is 0 Å². The van der Waals surface area contributed by atoms with Crippen molar-refractivity contribution in [3.05, 3.63) is 35.1 Å². The molecule has 1 atom stereocenters. The van der Waals surface area contributed by atoms with Gasteiger partial charge in [0.25, 0.3) is 5.91 Å². The fraction of sp³-hybridized carbons (Fsp3) is 0.462. The quantitative estimate of drug-likeness (QED) is 0.836. The molecule has 1 aromatic rings. The fourth-order valence-corrected chi connectivity index (χ4v) is 2.30. The van der Waals surface area contributed by atoms with Crippen LogP contribution in [0, 0.1) is 23.4 Å². The molecule has 2 rings (SSSR count). The number of benzene rings is 1. The molecule has 1 aliphatic rings. The van der Waals surface area contributed by atoms with Gasteiger partial charge in [0, 0.05) is 13.1 Å². The van der Waals surface area contributed by atoms with E-state index in [-0.39, 0.29) is 5.92 Å². The lowest BCUT2D eigenvalue weighted by molar-refractivity contribution is 0.0672. The molecule has 0 spiro atoms. The van der Waals surface area contributed by atoms with Crippen LogP contribution >= 0.6 is 0 Å². The van der Waals surface area contributed by atoms with Gasteiger partial charge >= 0.3 is 0 Å². The minimum Gasteiger partial charge on any atom is -0.338 e. The number of nitrogens with two attached hydrogens (primary N) is 1. The molecule has 0 radical (unpaired) electrons. The van der Waals surface area contributed by atoms with Crippen LogP contribution in [-0.2, 0) is 0 Å². The van der Waals surface area contributed by atoms with Crippen LogP contribution in [0.25, 0.3) is 0 Å². The topological polar surface area (TPSA) is 46.3 Å². The minimum absolute atomic E-state index is 0.172. The highest BCUT2D eigenvalue weighted by molar-refractivity contribution is 5.94. The molecule has 0 aliphatic carbocycles. The normalized spacial score (nSPS) is 19.6. The van der Waals surface area contributed by atoms with Crippen molar-refractivity contribution in [3.8, 4) is 0 Å². The van der Waals surface area contributed by atoms with Gasteiger partial charge in [-0.15, -0.1) is 0 Å². The van der Waals surface area contributed by atoms with E-state index in [2.05, 4.69) is 0 Å². The van der Waals surface area contributed by atoms with Crippen LogP contribution in [-0.4, -0.2) is 30.4 Å². The van der Waals surface area contributed by atoms with Crippen molar-refractivity contribution in [3.63, 3.8) is 0 Å². The summed E-state index contributed by atoms with van der Waals surface area (Å²) in [6, 6.07) is 1.73. The molecule has 3 nitrogen and oxygen atoms in total. The lowest BCUT2D eigenvalue weighted by atomic mass is 9.97. The standard InChI is InChI=1S/C13H15F3N2O/c14-10-4-3-9(11(15)12(10)16)13(19)18-5-1-2-8(6-17)7-18/h3-4,8H,1-2,5-7,17H2. The third-order valence-electron chi connectivity index (χ3n) is 3.41. The number of halogens is 3. The molecule has 0 bridgehead atoms. The first-order chi connectivity index (χ1) is 9.04. The van der Waals surface area contributed by atoms with Crippen LogP contribution in [0.4, 0.5) is 13.2 Å². The highest BCUT2D eigenvalue weighted by atomic mass is 19.2. The molecule has 104 valence electrons. The molecule has 1 saturated heterocycles. The third-order valence-corrected chi connectivity index (χ3v) is 3.41. The zero-order valence-electron chi connectivity index (χ0n) is 10.3.